The Hall–Kier alpha value is -0.924. The minimum atomic E-state index is -0.561. The number of hydrogen-bond acceptors (Lipinski definition) is 4. The van der Waals surface area contributed by atoms with Gasteiger partial charge in [0.25, 0.3) is 5.69 Å². The molecule has 92 valence electrons. The third kappa shape index (κ3) is 4.59. The molecule has 0 amide bonds. The van der Waals surface area contributed by atoms with E-state index in [1.165, 1.54) is 0 Å². The number of nitro benzene ring substituents is 1. The maximum atomic E-state index is 11.5. The first-order valence-electron chi connectivity index (χ1n) is 5.29. The zero-order valence-electron chi connectivity index (χ0n) is 10.4. The van der Waals surface area contributed by atoms with Crippen LogP contribution in [-0.4, -0.2) is 4.92 Å². The molecule has 0 radical (unpaired) electrons. The number of hydrogen-bond donors (Lipinski definition) is 0. The summed E-state index contributed by atoms with van der Waals surface area (Å²) in [5, 5.41) is 22.1. The molecule has 0 bridgehead atoms. The zero-order chi connectivity index (χ0) is 13.0. The van der Waals surface area contributed by atoms with Crippen LogP contribution >= 0.6 is 0 Å². The molecule has 2 rings (SSSR count). The van der Waals surface area contributed by atoms with Gasteiger partial charge in [0.05, 0.1) is 11.0 Å². The second kappa shape index (κ2) is 7.61. The summed E-state index contributed by atoms with van der Waals surface area (Å²) in [6.07, 6.45) is 0. The van der Waals surface area contributed by atoms with Gasteiger partial charge in [0.1, 0.15) is 12.4 Å². The molecule has 5 nitrogen and oxygen atoms in total. The predicted octanol–water partition coefficient (Wildman–Crippen LogP) is -0.749. The molecular formula is C13H10KNO4. The fraction of sp³-hybridized carbons (Fsp3) is 0.0769. The maximum Gasteiger partial charge on any atom is 1.00 e. The SMILES string of the molecule is O=[N+]([O-])c1ccc([O-])c(OCc2ccccc2)c1.[K+]. The molecule has 2 aromatic rings. The van der Waals surface area contributed by atoms with Gasteiger partial charge in [0, 0.05) is 6.07 Å². The number of non-ortho nitro benzene ring substituents is 1. The number of benzene rings is 2. The first-order valence-corrected chi connectivity index (χ1v) is 5.29. The van der Waals surface area contributed by atoms with Gasteiger partial charge in [0.2, 0.25) is 0 Å². The van der Waals surface area contributed by atoms with E-state index in [9.17, 15) is 15.2 Å². The first-order chi connectivity index (χ1) is 8.66. The number of nitrogens with zero attached hydrogens (tertiary/aromatic N) is 1. The van der Waals surface area contributed by atoms with Crippen LogP contribution in [0.4, 0.5) is 5.69 Å². The van der Waals surface area contributed by atoms with Crippen LogP contribution in [0.15, 0.2) is 48.5 Å². The third-order valence-electron chi connectivity index (χ3n) is 2.38. The van der Waals surface area contributed by atoms with Gasteiger partial charge < -0.3 is 9.84 Å². The second-order valence-electron chi connectivity index (χ2n) is 3.66. The van der Waals surface area contributed by atoms with Crippen LogP contribution in [0.5, 0.6) is 11.5 Å². The average Bonchev–Trinajstić information content (AvgIpc) is 2.38. The third-order valence-corrected chi connectivity index (χ3v) is 2.38. The van der Waals surface area contributed by atoms with Crippen LogP contribution < -0.4 is 61.2 Å². The summed E-state index contributed by atoms with van der Waals surface area (Å²) in [7, 11) is 0. The first kappa shape index (κ1) is 16.1. The van der Waals surface area contributed by atoms with Crippen LogP contribution in [-0.2, 0) is 6.61 Å². The molecule has 0 aliphatic carbocycles. The Bertz CT molecular complexity index is 560. The van der Waals surface area contributed by atoms with Crippen molar-refractivity contribution in [2.45, 2.75) is 6.61 Å². The van der Waals surface area contributed by atoms with E-state index < -0.39 is 4.92 Å². The van der Waals surface area contributed by atoms with Crippen molar-refractivity contribution < 1.29 is 66.2 Å². The van der Waals surface area contributed by atoms with E-state index in [0.717, 1.165) is 23.8 Å². The van der Waals surface area contributed by atoms with Gasteiger partial charge in [-0.25, -0.2) is 0 Å². The molecule has 0 unspecified atom stereocenters. The molecule has 0 spiro atoms. The minimum absolute atomic E-state index is 0. The van der Waals surface area contributed by atoms with Crippen molar-refractivity contribution in [3.05, 3.63) is 64.2 Å². The molecule has 0 aliphatic rings. The van der Waals surface area contributed by atoms with E-state index >= 15 is 0 Å². The smallest absolute Gasteiger partial charge is 0.870 e. The Morgan fingerprint density at radius 2 is 1.79 bits per heavy atom. The molecule has 0 N–H and O–H groups in total. The molecule has 2 aromatic carbocycles. The molecule has 6 heteroatoms. The van der Waals surface area contributed by atoms with E-state index in [1.54, 1.807) is 0 Å². The van der Waals surface area contributed by atoms with E-state index in [1.807, 2.05) is 30.3 Å². The van der Waals surface area contributed by atoms with Crippen LogP contribution in [0, 0.1) is 10.1 Å². The molecule has 19 heavy (non-hydrogen) atoms. The van der Waals surface area contributed by atoms with Gasteiger partial charge in [-0.1, -0.05) is 42.1 Å². The number of rotatable bonds is 4. The normalized spacial score (nSPS) is 9.47. The van der Waals surface area contributed by atoms with E-state index in [-0.39, 0.29) is 75.2 Å². The molecule has 0 heterocycles. The van der Waals surface area contributed by atoms with Crippen molar-refractivity contribution in [3.8, 4) is 11.5 Å². The zero-order valence-corrected chi connectivity index (χ0v) is 13.5. The number of nitro groups is 1. The van der Waals surface area contributed by atoms with Crippen molar-refractivity contribution in [2.75, 3.05) is 0 Å². The topological polar surface area (TPSA) is 75.4 Å². The molecule has 0 fully saturated rings. The van der Waals surface area contributed by atoms with Crippen molar-refractivity contribution in [3.63, 3.8) is 0 Å². The van der Waals surface area contributed by atoms with Gasteiger partial charge in [-0.15, -0.1) is 0 Å². The van der Waals surface area contributed by atoms with E-state index in [4.69, 9.17) is 4.74 Å². The van der Waals surface area contributed by atoms with Gasteiger partial charge in [-0.2, -0.15) is 0 Å². The van der Waals surface area contributed by atoms with Crippen LogP contribution in [0.2, 0.25) is 0 Å². The molecule has 0 saturated carbocycles. The van der Waals surface area contributed by atoms with Crippen LogP contribution in [0.25, 0.3) is 0 Å². The standard InChI is InChI=1S/C13H11NO4.K/c15-12-7-6-11(14(16)17)8-13(12)18-9-10-4-2-1-3-5-10;/h1-8,15H,9H2;/q;+1/p-1. The van der Waals surface area contributed by atoms with Crippen molar-refractivity contribution in [1.29, 1.82) is 0 Å². The quantitative estimate of drug-likeness (QED) is 0.420. The molecule has 0 atom stereocenters. The van der Waals surface area contributed by atoms with Gasteiger partial charge in [-0.05, 0) is 5.56 Å². The Morgan fingerprint density at radius 3 is 2.42 bits per heavy atom. The summed E-state index contributed by atoms with van der Waals surface area (Å²) in [6.45, 7) is 0.206. The number of ether oxygens (including phenoxy) is 1. The van der Waals surface area contributed by atoms with E-state index in [2.05, 4.69) is 0 Å². The molecule has 0 aromatic heterocycles. The van der Waals surface area contributed by atoms with Crippen LogP contribution in [0.3, 0.4) is 0 Å². The van der Waals surface area contributed by atoms with Gasteiger partial charge in [0.15, 0.2) is 0 Å². The van der Waals surface area contributed by atoms with Crippen LogP contribution in [0.1, 0.15) is 5.56 Å². The Kier molecular flexibility index (Phi) is 6.46. The summed E-state index contributed by atoms with van der Waals surface area (Å²) >= 11 is 0. The average molecular weight is 283 g/mol. The Morgan fingerprint density at radius 1 is 1.11 bits per heavy atom. The summed E-state index contributed by atoms with van der Waals surface area (Å²) in [5.41, 5.74) is 0.737. The second-order valence-corrected chi connectivity index (χ2v) is 3.66. The molecular weight excluding hydrogens is 273 g/mol. The predicted molar refractivity (Wildman–Crippen MR) is 63.3 cm³/mol. The fourth-order valence-electron chi connectivity index (χ4n) is 1.46. The summed E-state index contributed by atoms with van der Waals surface area (Å²) in [4.78, 5) is 10.0. The Balaban J connectivity index is 0.00000180. The van der Waals surface area contributed by atoms with Gasteiger partial charge in [-0.3, -0.25) is 10.1 Å². The molecule has 0 saturated heterocycles. The summed E-state index contributed by atoms with van der Waals surface area (Å²) < 4.78 is 5.30. The Labute approximate surface area is 152 Å². The van der Waals surface area contributed by atoms with Gasteiger partial charge >= 0.3 is 51.4 Å². The minimum Gasteiger partial charge on any atom is -0.870 e. The van der Waals surface area contributed by atoms with E-state index in [0.29, 0.717) is 0 Å². The fourth-order valence-corrected chi connectivity index (χ4v) is 1.46. The van der Waals surface area contributed by atoms with Crippen molar-refractivity contribution in [1.82, 2.24) is 0 Å². The largest absolute Gasteiger partial charge is 1.00 e. The van der Waals surface area contributed by atoms with Crippen molar-refractivity contribution >= 4 is 5.69 Å². The molecule has 0 aliphatic heterocycles. The maximum absolute atomic E-state index is 11.5. The monoisotopic (exact) mass is 283 g/mol. The summed E-state index contributed by atoms with van der Waals surface area (Å²) in [6, 6.07) is 12.7. The van der Waals surface area contributed by atoms with Crippen molar-refractivity contribution in [2.24, 2.45) is 0 Å². The summed E-state index contributed by atoms with van der Waals surface area (Å²) in [5.74, 6) is -0.371.